The first-order valence-corrected chi connectivity index (χ1v) is 9.34. The van der Waals surface area contributed by atoms with E-state index in [1.54, 1.807) is 12.5 Å². The highest BCUT2D eigenvalue weighted by Gasteiger charge is 2.35. The van der Waals surface area contributed by atoms with E-state index in [1.165, 1.54) is 0 Å². The number of rotatable bonds is 5. The molecule has 7 nitrogen and oxygen atoms in total. The highest BCUT2D eigenvalue weighted by atomic mass is 16.2. The van der Waals surface area contributed by atoms with Crippen molar-refractivity contribution in [2.45, 2.75) is 38.9 Å². The van der Waals surface area contributed by atoms with Gasteiger partial charge in [0, 0.05) is 24.3 Å². The Bertz CT molecular complexity index is 952. The molecule has 1 amide bonds. The second-order valence-electron chi connectivity index (χ2n) is 6.95. The quantitative estimate of drug-likeness (QED) is 0.644. The van der Waals surface area contributed by atoms with Crippen LogP contribution in [0.2, 0.25) is 0 Å². The standard InChI is InChI=1S/C20H24N6O/c1-3-15-13(2)18(25-24-15)20(27)22-11-14-7-6-10-21-19(14)26-12-23-16-8-4-5-9-17(16)26/h4-10,12-13,15,18,24-25H,3,11H2,1-2H3,(H,22,27). The van der Waals surface area contributed by atoms with E-state index in [0.717, 1.165) is 28.8 Å². The van der Waals surface area contributed by atoms with Gasteiger partial charge in [0.25, 0.3) is 0 Å². The van der Waals surface area contributed by atoms with Gasteiger partial charge in [-0.15, -0.1) is 0 Å². The molecular weight excluding hydrogens is 340 g/mol. The molecule has 1 fully saturated rings. The maximum Gasteiger partial charge on any atom is 0.239 e. The van der Waals surface area contributed by atoms with Crippen LogP contribution in [0.1, 0.15) is 25.8 Å². The van der Waals surface area contributed by atoms with Crippen molar-refractivity contribution in [2.75, 3.05) is 0 Å². The van der Waals surface area contributed by atoms with E-state index in [4.69, 9.17) is 0 Å². The smallest absolute Gasteiger partial charge is 0.239 e. The Kier molecular flexibility index (Phi) is 4.87. The van der Waals surface area contributed by atoms with Gasteiger partial charge in [0.15, 0.2) is 0 Å². The van der Waals surface area contributed by atoms with Crippen molar-refractivity contribution in [1.82, 2.24) is 30.7 Å². The summed E-state index contributed by atoms with van der Waals surface area (Å²) >= 11 is 0. The average molecular weight is 364 g/mol. The van der Waals surface area contributed by atoms with Gasteiger partial charge in [0.2, 0.25) is 5.91 Å². The van der Waals surface area contributed by atoms with Crippen LogP contribution in [0, 0.1) is 5.92 Å². The Morgan fingerprint density at radius 1 is 1.19 bits per heavy atom. The molecule has 0 spiro atoms. The van der Waals surface area contributed by atoms with Crippen molar-refractivity contribution < 1.29 is 4.79 Å². The van der Waals surface area contributed by atoms with Crippen molar-refractivity contribution in [1.29, 1.82) is 0 Å². The molecule has 1 saturated heterocycles. The topological polar surface area (TPSA) is 83.9 Å². The van der Waals surface area contributed by atoms with E-state index in [9.17, 15) is 4.79 Å². The summed E-state index contributed by atoms with van der Waals surface area (Å²) in [7, 11) is 0. The molecule has 0 bridgehead atoms. The number of hydrazine groups is 1. The van der Waals surface area contributed by atoms with Gasteiger partial charge in [-0.2, -0.15) is 0 Å². The number of imidazole rings is 1. The van der Waals surface area contributed by atoms with Gasteiger partial charge in [-0.3, -0.25) is 14.8 Å². The van der Waals surface area contributed by atoms with Gasteiger partial charge in [0.05, 0.1) is 11.0 Å². The summed E-state index contributed by atoms with van der Waals surface area (Å²) in [5.41, 5.74) is 9.17. The van der Waals surface area contributed by atoms with Crippen LogP contribution < -0.4 is 16.2 Å². The number of para-hydroxylation sites is 2. The predicted molar refractivity (Wildman–Crippen MR) is 104 cm³/mol. The summed E-state index contributed by atoms with van der Waals surface area (Å²) in [5.74, 6) is 1.01. The molecule has 0 radical (unpaired) electrons. The van der Waals surface area contributed by atoms with Gasteiger partial charge in [-0.05, 0) is 30.5 Å². The van der Waals surface area contributed by atoms with Crippen molar-refractivity contribution >= 4 is 16.9 Å². The minimum absolute atomic E-state index is 0.00348. The second-order valence-corrected chi connectivity index (χ2v) is 6.95. The molecule has 4 rings (SSSR count). The summed E-state index contributed by atoms with van der Waals surface area (Å²) in [4.78, 5) is 21.6. The minimum Gasteiger partial charge on any atom is -0.350 e. The number of pyridine rings is 1. The van der Waals surface area contributed by atoms with Crippen molar-refractivity contribution in [3.05, 3.63) is 54.5 Å². The lowest BCUT2D eigenvalue weighted by molar-refractivity contribution is -0.123. The molecule has 27 heavy (non-hydrogen) atoms. The Labute approximate surface area is 158 Å². The van der Waals surface area contributed by atoms with Gasteiger partial charge < -0.3 is 5.32 Å². The first kappa shape index (κ1) is 17.6. The summed E-state index contributed by atoms with van der Waals surface area (Å²) in [6, 6.07) is 11.9. The molecular formula is C20H24N6O. The van der Waals surface area contributed by atoms with E-state index in [2.05, 4.69) is 40.0 Å². The predicted octanol–water partition coefficient (Wildman–Crippen LogP) is 1.93. The first-order chi connectivity index (χ1) is 13.2. The Balaban J connectivity index is 1.53. The fourth-order valence-corrected chi connectivity index (χ4v) is 3.68. The monoisotopic (exact) mass is 364 g/mol. The van der Waals surface area contributed by atoms with E-state index < -0.39 is 0 Å². The van der Waals surface area contributed by atoms with Crippen molar-refractivity contribution in [2.24, 2.45) is 5.92 Å². The molecule has 1 aromatic carbocycles. The Hall–Kier alpha value is -2.77. The average Bonchev–Trinajstić information content (AvgIpc) is 3.29. The second kappa shape index (κ2) is 7.46. The molecule has 3 N–H and O–H groups in total. The number of aromatic nitrogens is 3. The van der Waals surface area contributed by atoms with Crippen LogP contribution in [-0.4, -0.2) is 32.5 Å². The minimum atomic E-state index is -0.232. The van der Waals surface area contributed by atoms with Crippen LogP contribution >= 0.6 is 0 Å². The third-order valence-corrected chi connectivity index (χ3v) is 5.31. The molecule has 1 aliphatic heterocycles. The number of hydrogen-bond acceptors (Lipinski definition) is 5. The lowest BCUT2D eigenvalue weighted by Crippen LogP contribution is -2.45. The molecule has 3 aromatic rings. The normalized spacial score (nSPS) is 22.2. The van der Waals surface area contributed by atoms with Crippen LogP contribution in [0.25, 0.3) is 16.9 Å². The lowest BCUT2D eigenvalue weighted by Gasteiger charge is -2.17. The van der Waals surface area contributed by atoms with Gasteiger partial charge in [0.1, 0.15) is 18.2 Å². The Morgan fingerprint density at radius 2 is 2.04 bits per heavy atom. The highest BCUT2D eigenvalue weighted by Crippen LogP contribution is 2.20. The fourth-order valence-electron chi connectivity index (χ4n) is 3.68. The van der Waals surface area contributed by atoms with E-state index in [0.29, 0.717) is 12.6 Å². The third-order valence-electron chi connectivity index (χ3n) is 5.31. The van der Waals surface area contributed by atoms with E-state index in [-0.39, 0.29) is 17.9 Å². The van der Waals surface area contributed by atoms with Crippen LogP contribution in [0.4, 0.5) is 0 Å². The number of benzene rings is 1. The summed E-state index contributed by atoms with van der Waals surface area (Å²) in [6.07, 6.45) is 4.51. The maximum atomic E-state index is 12.6. The number of nitrogens with one attached hydrogen (secondary N) is 3. The fraction of sp³-hybridized carbons (Fsp3) is 0.350. The summed E-state index contributed by atoms with van der Waals surface area (Å²) < 4.78 is 1.96. The maximum absolute atomic E-state index is 12.6. The van der Waals surface area contributed by atoms with E-state index in [1.807, 2.05) is 41.0 Å². The van der Waals surface area contributed by atoms with Gasteiger partial charge >= 0.3 is 0 Å². The summed E-state index contributed by atoms with van der Waals surface area (Å²) in [6.45, 7) is 4.63. The summed E-state index contributed by atoms with van der Waals surface area (Å²) in [5, 5.41) is 3.05. The zero-order valence-electron chi connectivity index (χ0n) is 15.5. The van der Waals surface area contributed by atoms with Crippen molar-refractivity contribution in [3.8, 4) is 5.82 Å². The molecule has 2 aromatic heterocycles. The number of carbonyl (C=O) groups is 1. The van der Waals surface area contributed by atoms with E-state index >= 15 is 0 Å². The lowest BCUT2D eigenvalue weighted by atomic mass is 9.94. The van der Waals surface area contributed by atoms with Gasteiger partial charge in [-0.25, -0.2) is 15.4 Å². The zero-order chi connectivity index (χ0) is 18.8. The van der Waals surface area contributed by atoms with Crippen LogP contribution in [0.5, 0.6) is 0 Å². The van der Waals surface area contributed by atoms with Gasteiger partial charge in [-0.1, -0.05) is 32.0 Å². The molecule has 140 valence electrons. The number of fused-ring (bicyclic) bond motifs is 1. The molecule has 1 aliphatic rings. The first-order valence-electron chi connectivity index (χ1n) is 9.34. The molecule has 7 heteroatoms. The molecule has 0 saturated carbocycles. The Morgan fingerprint density at radius 3 is 2.85 bits per heavy atom. The molecule has 0 aliphatic carbocycles. The van der Waals surface area contributed by atoms with Crippen molar-refractivity contribution in [3.63, 3.8) is 0 Å². The zero-order valence-corrected chi connectivity index (χ0v) is 15.5. The largest absolute Gasteiger partial charge is 0.350 e. The number of hydrogen-bond donors (Lipinski definition) is 3. The number of nitrogens with zero attached hydrogens (tertiary/aromatic N) is 3. The molecule has 3 unspecified atom stereocenters. The van der Waals surface area contributed by atoms with Crippen LogP contribution in [-0.2, 0) is 11.3 Å². The van der Waals surface area contributed by atoms with Crippen LogP contribution in [0.15, 0.2) is 48.9 Å². The third kappa shape index (κ3) is 3.31. The molecule has 3 atom stereocenters. The van der Waals surface area contributed by atoms with Crippen LogP contribution in [0.3, 0.4) is 0 Å². The molecule has 3 heterocycles. The highest BCUT2D eigenvalue weighted by molar-refractivity contribution is 5.82. The number of carbonyl (C=O) groups excluding carboxylic acids is 1. The number of amides is 1. The SMILES string of the molecule is CCC1NNC(C(=O)NCc2cccnc2-n2cnc3ccccc32)C1C.